The van der Waals surface area contributed by atoms with Gasteiger partial charge in [-0.3, -0.25) is 43.2 Å². The third-order valence-corrected chi connectivity index (χ3v) is 33.0. The van der Waals surface area contributed by atoms with Crippen LogP contribution in [0.5, 0.6) is 0 Å². The molecular weight excluding hydrogens is 1730 g/mol. The SMILES string of the molecule is CC(=O)C(C)F.CC(C(=O)C1CCCCC1)C(F)(F)F.CC(F)C(=O)CC12CC3CC(CC(C3)C1)C2.CC(F)C(=O)CCC12CC3CC(CC(C3)C1)C2.CC(F)C(=O)CCC1CCCO1.CC(F)C(=O)N(C1CCCCC1)C1CCCCC1.CC(F)C(=O)N1C(C)CCCC1C.CC(F)C(=O)N1CCCCC1.CC(F)C(=O)OC1CCC(COC(=O)C23CC4CC(CC(C4)C2)C3)CC1. The van der Waals surface area contributed by atoms with Crippen molar-refractivity contribution in [2.45, 2.75) is 496 Å². The zero-order valence-electron chi connectivity index (χ0n) is 83.0. The Hall–Kier alpha value is -5.11. The van der Waals surface area contributed by atoms with Gasteiger partial charge in [0.15, 0.2) is 72.5 Å². The van der Waals surface area contributed by atoms with E-state index in [2.05, 4.69) is 0 Å². The lowest BCUT2D eigenvalue weighted by molar-refractivity contribution is -0.180. The lowest BCUT2D eigenvalue weighted by Crippen LogP contribution is -2.51. The van der Waals surface area contributed by atoms with Gasteiger partial charge in [0, 0.05) is 69.0 Å². The summed E-state index contributed by atoms with van der Waals surface area (Å²) < 4.78 is 154. The van der Waals surface area contributed by atoms with Gasteiger partial charge in [0.25, 0.3) is 17.7 Å². The van der Waals surface area contributed by atoms with E-state index in [9.17, 15) is 96.2 Å². The van der Waals surface area contributed by atoms with Crippen LogP contribution in [-0.2, 0) is 62.2 Å². The van der Waals surface area contributed by atoms with Crippen molar-refractivity contribution in [3.63, 3.8) is 0 Å². The minimum Gasteiger partial charge on any atom is -0.465 e. The summed E-state index contributed by atoms with van der Waals surface area (Å²) in [6.45, 7) is 19.5. The van der Waals surface area contributed by atoms with E-state index in [1.807, 2.05) is 18.7 Å². The maximum atomic E-state index is 13.5. The number of amides is 3. The van der Waals surface area contributed by atoms with Crippen LogP contribution in [0.2, 0.25) is 0 Å². The van der Waals surface area contributed by atoms with Gasteiger partial charge in [-0.05, 0) is 397 Å². The molecule has 133 heavy (non-hydrogen) atoms. The van der Waals surface area contributed by atoms with E-state index in [1.165, 1.54) is 204 Å². The van der Waals surface area contributed by atoms with E-state index in [1.54, 1.807) is 9.80 Å². The largest absolute Gasteiger partial charge is 0.465 e. The topological polar surface area (TPSA) is 208 Å². The molecule has 16 nitrogen and oxygen atoms in total. The molecule has 3 saturated heterocycles. The van der Waals surface area contributed by atoms with Crippen molar-refractivity contribution in [1.82, 2.24) is 14.7 Å². The van der Waals surface area contributed by atoms with E-state index in [0.717, 1.165) is 221 Å². The molecule has 27 heteroatoms. The Labute approximate surface area is 789 Å². The third kappa shape index (κ3) is 35.6. The number of rotatable bonds is 24. The lowest BCUT2D eigenvalue weighted by Gasteiger charge is -2.57. The Morgan fingerprint density at radius 3 is 1.20 bits per heavy atom. The summed E-state index contributed by atoms with van der Waals surface area (Å²) >= 11 is 0. The predicted molar refractivity (Wildman–Crippen MR) is 494 cm³/mol. The Kier molecular flexibility index (Phi) is 46.0. The van der Waals surface area contributed by atoms with Crippen LogP contribution in [0.3, 0.4) is 0 Å². The number of hydrogen-bond acceptors (Lipinski definition) is 13. The molecule has 19 rings (SSSR count). The van der Waals surface area contributed by atoms with Crippen LogP contribution >= 0.6 is 0 Å². The summed E-state index contributed by atoms with van der Waals surface area (Å²) in [5.41, 5.74) is 0.463. The minimum atomic E-state index is -4.37. The number of carbonyl (C=O) groups is 10. The number of Topliss-reactive ketones (excluding diaryl/α,β-unsaturated/α-hetero) is 5. The Balaban J connectivity index is 0.000000188. The first kappa shape index (κ1) is 113. The first-order valence-electron chi connectivity index (χ1n) is 52.5. The highest BCUT2D eigenvalue weighted by Gasteiger charge is 2.57. The van der Waals surface area contributed by atoms with Crippen LogP contribution in [0.4, 0.5) is 48.3 Å². The molecule has 16 aliphatic carbocycles. The van der Waals surface area contributed by atoms with E-state index >= 15 is 0 Å². The molecule has 0 N–H and O–H groups in total. The fourth-order valence-electron chi connectivity index (χ4n) is 26.9. The van der Waals surface area contributed by atoms with E-state index in [-0.39, 0.29) is 82.1 Å². The van der Waals surface area contributed by atoms with Gasteiger partial charge in [0.1, 0.15) is 17.8 Å². The molecule has 3 heterocycles. The average Bonchev–Trinajstić information content (AvgIpc) is 1.09. The van der Waals surface area contributed by atoms with Crippen molar-refractivity contribution < 1.29 is 110 Å². The number of alkyl halides is 11. The highest BCUT2D eigenvalue weighted by molar-refractivity contribution is 5.85. The number of nitrogens with zero attached hydrogens (tertiary/aromatic N) is 3. The molecule has 3 amide bonds. The standard InChI is InChI=1S/C21H31FO4.C15H26FNO.C15H23FO.C14H21FO.C10H15F3O.C10H18FNO.C9H15FO2.C8H14FNO.C4H7FO/c1-13(22)19(23)26-18-4-2-14(3-5-18)12-25-20(24)21-9-15-6-16(10-21)8-17(7-15)11-21;1-12(16)15(18)17(13-8-4-2-5-9-13)14-10-6-3-7-11-14;1-10(16)14(17)2-3-15-7-11-4-12(8-15)6-13(5-11)9-15;1-9(15)13(16)8-14-5-10-2-11(6-14)4-12(3-10)7-14;1-7(10(11,12)13)9(14)8-5-3-2-4-6-8;1-7-5-4-6-8(2)12(7)10(13)9(3)11;1-7(10)9(11)5-4-8-3-2-6-12-8;1-7(9)8(11)10-5-3-2-4-6-10;1-3(5)4(2)6/h13-18H,2-12H2,1H3;12-14H,2-11H2,1H3;10-13H,2-9H2,1H3;9-12H,2-8H2,1H3;7-8H,2-6H2,1H3;7-9H,4-6H2,1-3H3;7-8H,2-6H2,1H3;7H,2-6H2,1H3;3H,1-2H3. The molecule has 0 aromatic heterocycles. The van der Waals surface area contributed by atoms with Crippen molar-refractivity contribution in [1.29, 1.82) is 0 Å². The van der Waals surface area contributed by atoms with Crippen molar-refractivity contribution in [2.24, 2.45) is 87.3 Å². The van der Waals surface area contributed by atoms with Crippen molar-refractivity contribution in [3.05, 3.63) is 0 Å². The monoisotopic (exact) mass is 1900 g/mol. The van der Waals surface area contributed by atoms with Gasteiger partial charge in [-0.1, -0.05) is 57.8 Å². The summed E-state index contributed by atoms with van der Waals surface area (Å²) in [7, 11) is 0. The molecule has 764 valence electrons. The highest BCUT2D eigenvalue weighted by atomic mass is 19.4. The van der Waals surface area contributed by atoms with Crippen molar-refractivity contribution >= 4 is 58.6 Å². The molecule has 0 radical (unpaired) electrons. The molecule has 0 spiro atoms. The molecule has 12 bridgehead atoms. The van der Waals surface area contributed by atoms with Crippen LogP contribution in [0.1, 0.15) is 404 Å². The minimum absolute atomic E-state index is 0.0522. The van der Waals surface area contributed by atoms with Crippen LogP contribution in [-0.4, -0.2) is 192 Å². The maximum Gasteiger partial charge on any atom is 0.398 e. The fraction of sp³-hybridized carbons (Fsp3) is 0.906. The van der Waals surface area contributed by atoms with E-state index in [4.69, 9.17) is 14.2 Å². The van der Waals surface area contributed by atoms with Crippen molar-refractivity contribution in [2.75, 3.05) is 26.3 Å². The zero-order chi connectivity index (χ0) is 97.8. The van der Waals surface area contributed by atoms with Gasteiger partial charge in [0.05, 0.1) is 18.1 Å². The lowest BCUT2D eigenvalue weighted by atomic mass is 9.48. The average molecular weight is 1900 g/mol. The smallest absolute Gasteiger partial charge is 0.398 e. The number of piperidine rings is 2. The van der Waals surface area contributed by atoms with Gasteiger partial charge >= 0.3 is 18.1 Å². The third-order valence-electron chi connectivity index (χ3n) is 33.0. The van der Waals surface area contributed by atoms with Crippen molar-refractivity contribution in [3.8, 4) is 0 Å². The Morgan fingerprint density at radius 2 is 0.820 bits per heavy atom. The summed E-state index contributed by atoms with van der Waals surface area (Å²) in [4.78, 5) is 119. The highest BCUT2D eigenvalue weighted by Crippen LogP contribution is 2.64. The first-order valence-corrected chi connectivity index (χ1v) is 52.5. The zero-order valence-corrected chi connectivity index (χ0v) is 83.0. The Morgan fingerprint density at radius 1 is 0.421 bits per heavy atom. The number of halogens is 11. The molecule has 0 aromatic rings. The van der Waals surface area contributed by atoms with Gasteiger partial charge in [-0.15, -0.1) is 0 Å². The second-order valence-corrected chi connectivity index (χ2v) is 44.6. The van der Waals surface area contributed by atoms with Crippen LogP contribution < -0.4 is 0 Å². The molecule has 12 atom stereocenters. The normalized spacial score (nSPS) is 33.1. The molecule has 3 aliphatic heterocycles. The number of ether oxygens (including phenoxy) is 3. The number of esters is 2. The molecule has 0 aromatic carbocycles. The quantitative estimate of drug-likeness (QED) is 0.0651. The van der Waals surface area contributed by atoms with E-state index in [0.29, 0.717) is 68.5 Å². The summed E-state index contributed by atoms with van der Waals surface area (Å²) in [5, 5.41) is 0. The number of likely N-dealkylation sites (tertiary alicyclic amines) is 2. The summed E-state index contributed by atoms with van der Waals surface area (Å²) in [6.07, 6.45) is 38.5. The van der Waals surface area contributed by atoms with Crippen LogP contribution in [0.15, 0.2) is 0 Å². The second-order valence-electron chi connectivity index (χ2n) is 44.6. The van der Waals surface area contributed by atoms with Gasteiger partial charge in [-0.25, -0.2) is 39.9 Å². The molecule has 19 fully saturated rings. The van der Waals surface area contributed by atoms with Gasteiger partial charge < -0.3 is 28.9 Å². The maximum absolute atomic E-state index is 13.5. The number of carbonyl (C=O) groups excluding carboxylic acids is 10. The fourth-order valence-corrected chi connectivity index (χ4v) is 26.9. The number of ketones is 5. The summed E-state index contributed by atoms with van der Waals surface area (Å²) in [6, 6.07) is 1.03. The van der Waals surface area contributed by atoms with Crippen LogP contribution in [0, 0.1) is 87.3 Å². The van der Waals surface area contributed by atoms with E-state index < -0.39 is 79.0 Å². The summed E-state index contributed by atoms with van der Waals surface area (Å²) in [5.74, 6) is 2.49. The second kappa shape index (κ2) is 54.0. The van der Waals surface area contributed by atoms with Gasteiger partial charge in [0.2, 0.25) is 0 Å². The Bertz CT molecular complexity index is 3460. The van der Waals surface area contributed by atoms with Gasteiger partial charge in [-0.2, -0.15) is 13.2 Å². The molecule has 19 aliphatic rings. The first-order chi connectivity index (χ1) is 62.8. The number of hydrogen-bond donors (Lipinski definition) is 0. The molecule has 12 unspecified atom stereocenters. The molecule has 16 saturated carbocycles. The predicted octanol–water partition coefficient (Wildman–Crippen LogP) is 25.1. The van der Waals surface area contributed by atoms with Crippen LogP contribution in [0.25, 0.3) is 0 Å². The molecular formula is C106H170F11N3O13.